The molecule has 2 aromatic rings. The number of amides is 2. The Morgan fingerprint density at radius 3 is 2.59 bits per heavy atom. The quantitative estimate of drug-likeness (QED) is 0.720. The number of aromatic nitrogens is 2. The molecule has 7 nitrogen and oxygen atoms in total. The average molecular weight is 233 g/mol. The van der Waals surface area contributed by atoms with Crippen molar-refractivity contribution < 1.29 is 9.32 Å². The van der Waals surface area contributed by atoms with Gasteiger partial charge in [0.25, 0.3) is 0 Å². The highest BCUT2D eigenvalue weighted by Gasteiger charge is 2.07. The molecule has 0 atom stereocenters. The summed E-state index contributed by atoms with van der Waals surface area (Å²) in [6, 6.07) is 6.27. The van der Waals surface area contributed by atoms with Crippen LogP contribution in [0.3, 0.4) is 0 Å². The number of nitrogens with zero attached hydrogens (tertiary/aromatic N) is 2. The Labute approximate surface area is 96.8 Å². The zero-order valence-corrected chi connectivity index (χ0v) is 8.88. The average Bonchev–Trinajstić information content (AvgIpc) is 2.78. The molecule has 7 heteroatoms. The molecule has 0 aliphatic heterocycles. The lowest BCUT2D eigenvalue weighted by Crippen LogP contribution is -2.19. The summed E-state index contributed by atoms with van der Waals surface area (Å²) >= 11 is 0. The van der Waals surface area contributed by atoms with Crippen LogP contribution < -0.4 is 16.8 Å². The minimum atomic E-state index is -0.609. The molecule has 88 valence electrons. The summed E-state index contributed by atoms with van der Waals surface area (Å²) in [6.45, 7) is 0.203. The maximum Gasteiger partial charge on any atom is 0.316 e. The summed E-state index contributed by atoms with van der Waals surface area (Å²) in [5, 5.41) is 6.22. The number of nitrogens with one attached hydrogen (secondary N) is 1. The first-order chi connectivity index (χ1) is 8.19. The summed E-state index contributed by atoms with van der Waals surface area (Å²) < 4.78 is 4.89. The minimum Gasteiger partial charge on any atom is -0.351 e. The second kappa shape index (κ2) is 4.62. The lowest BCUT2D eigenvalue weighted by molar-refractivity contribution is 0.259. The van der Waals surface area contributed by atoms with Crippen LogP contribution in [-0.2, 0) is 6.54 Å². The van der Waals surface area contributed by atoms with E-state index in [4.69, 9.17) is 16.0 Å². The van der Waals surface area contributed by atoms with Crippen LogP contribution >= 0.6 is 0 Å². The van der Waals surface area contributed by atoms with Gasteiger partial charge in [0.2, 0.25) is 11.7 Å². The fourth-order valence-corrected chi connectivity index (χ4v) is 1.30. The van der Waals surface area contributed by atoms with Gasteiger partial charge in [0.1, 0.15) is 0 Å². The van der Waals surface area contributed by atoms with Crippen molar-refractivity contribution >= 4 is 11.7 Å². The molecule has 0 saturated heterocycles. The van der Waals surface area contributed by atoms with Gasteiger partial charge < -0.3 is 21.3 Å². The van der Waals surface area contributed by atoms with Gasteiger partial charge in [-0.05, 0) is 24.3 Å². The number of anilines is 1. The van der Waals surface area contributed by atoms with Gasteiger partial charge in [0.15, 0.2) is 0 Å². The first kappa shape index (κ1) is 11.1. The van der Waals surface area contributed by atoms with Crippen LogP contribution in [-0.4, -0.2) is 16.2 Å². The Kier molecular flexibility index (Phi) is 3.01. The molecule has 17 heavy (non-hydrogen) atoms. The van der Waals surface area contributed by atoms with Gasteiger partial charge >= 0.3 is 6.03 Å². The van der Waals surface area contributed by atoms with Crippen molar-refractivity contribution in [2.24, 2.45) is 11.5 Å². The maximum absolute atomic E-state index is 10.6. The van der Waals surface area contributed by atoms with Crippen LogP contribution in [0.2, 0.25) is 0 Å². The van der Waals surface area contributed by atoms with E-state index >= 15 is 0 Å². The van der Waals surface area contributed by atoms with Gasteiger partial charge in [0, 0.05) is 11.3 Å². The third kappa shape index (κ3) is 2.58. The highest BCUT2D eigenvalue weighted by Crippen LogP contribution is 2.18. The molecule has 5 N–H and O–H groups in total. The Morgan fingerprint density at radius 1 is 1.35 bits per heavy atom. The Bertz CT molecular complexity index is 520. The summed E-state index contributed by atoms with van der Waals surface area (Å²) in [4.78, 5) is 14.7. The zero-order chi connectivity index (χ0) is 12.3. The SMILES string of the molecule is NCc1nc(-c2ccc(NC(N)=O)cc2)no1. The van der Waals surface area contributed by atoms with E-state index in [0.717, 1.165) is 5.56 Å². The van der Waals surface area contributed by atoms with Gasteiger partial charge in [0.05, 0.1) is 6.54 Å². The Morgan fingerprint density at radius 2 is 2.06 bits per heavy atom. The van der Waals surface area contributed by atoms with Gasteiger partial charge in [-0.3, -0.25) is 0 Å². The number of urea groups is 1. The number of hydrogen-bond donors (Lipinski definition) is 3. The number of benzene rings is 1. The molecule has 2 rings (SSSR count). The first-order valence-electron chi connectivity index (χ1n) is 4.88. The monoisotopic (exact) mass is 233 g/mol. The van der Waals surface area contributed by atoms with Crippen LogP contribution in [0.1, 0.15) is 5.89 Å². The van der Waals surface area contributed by atoms with Crippen molar-refractivity contribution in [2.45, 2.75) is 6.54 Å². The smallest absolute Gasteiger partial charge is 0.316 e. The molecule has 0 radical (unpaired) electrons. The molecule has 1 aromatic heterocycles. The molecule has 0 aliphatic rings. The predicted octanol–water partition coefficient (Wildman–Crippen LogP) is 0.686. The van der Waals surface area contributed by atoms with Crippen molar-refractivity contribution in [2.75, 3.05) is 5.32 Å². The summed E-state index contributed by atoms with van der Waals surface area (Å²) in [5.41, 5.74) is 11.7. The molecule has 0 fully saturated rings. The topological polar surface area (TPSA) is 120 Å². The van der Waals surface area contributed by atoms with Crippen molar-refractivity contribution in [3.05, 3.63) is 30.2 Å². The normalized spacial score (nSPS) is 10.2. The second-order valence-electron chi connectivity index (χ2n) is 3.28. The fourth-order valence-electron chi connectivity index (χ4n) is 1.30. The second-order valence-corrected chi connectivity index (χ2v) is 3.28. The molecule has 0 spiro atoms. The van der Waals surface area contributed by atoms with Gasteiger partial charge in [-0.1, -0.05) is 5.16 Å². The largest absolute Gasteiger partial charge is 0.351 e. The third-order valence-electron chi connectivity index (χ3n) is 2.05. The molecule has 1 heterocycles. The zero-order valence-electron chi connectivity index (χ0n) is 8.88. The Balaban J connectivity index is 2.19. The van der Waals surface area contributed by atoms with E-state index in [2.05, 4.69) is 15.5 Å². The van der Waals surface area contributed by atoms with Gasteiger partial charge in [-0.25, -0.2) is 4.79 Å². The van der Waals surface area contributed by atoms with E-state index in [0.29, 0.717) is 17.4 Å². The molecule has 0 unspecified atom stereocenters. The highest BCUT2D eigenvalue weighted by molar-refractivity contribution is 5.88. The minimum absolute atomic E-state index is 0.203. The number of nitrogens with two attached hydrogens (primary N) is 2. The van der Waals surface area contributed by atoms with E-state index in [9.17, 15) is 4.79 Å². The van der Waals surface area contributed by atoms with Crippen LogP contribution in [0.5, 0.6) is 0 Å². The number of carbonyl (C=O) groups excluding carboxylic acids is 1. The molecule has 1 aromatic carbocycles. The summed E-state index contributed by atoms with van der Waals surface area (Å²) in [7, 11) is 0. The molecule has 0 saturated carbocycles. The van der Waals surface area contributed by atoms with E-state index in [1.807, 2.05) is 0 Å². The molecule has 0 bridgehead atoms. The molecule has 2 amide bonds. The Hall–Kier alpha value is -2.41. The molecular formula is C10H11N5O2. The third-order valence-corrected chi connectivity index (χ3v) is 2.05. The molecular weight excluding hydrogens is 222 g/mol. The maximum atomic E-state index is 10.6. The van der Waals surface area contributed by atoms with E-state index in [1.165, 1.54) is 0 Å². The van der Waals surface area contributed by atoms with Crippen LogP contribution in [0.4, 0.5) is 10.5 Å². The van der Waals surface area contributed by atoms with Crippen LogP contribution in [0.25, 0.3) is 11.4 Å². The fraction of sp³-hybridized carbons (Fsp3) is 0.100. The van der Waals surface area contributed by atoms with Crippen molar-refractivity contribution in [1.29, 1.82) is 0 Å². The number of primary amides is 1. The lowest BCUT2D eigenvalue weighted by Gasteiger charge is -2.01. The number of carbonyl (C=O) groups is 1. The predicted molar refractivity (Wildman–Crippen MR) is 60.8 cm³/mol. The van der Waals surface area contributed by atoms with E-state index in [-0.39, 0.29) is 6.54 Å². The van der Waals surface area contributed by atoms with Crippen LogP contribution in [0.15, 0.2) is 28.8 Å². The summed E-state index contributed by atoms with van der Waals surface area (Å²) in [6.07, 6.45) is 0. The summed E-state index contributed by atoms with van der Waals surface area (Å²) in [5.74, 6) is 0.829. The first-order valence-corrected chi connectivity index (χ1v) is 4.88. The van der Waals surface area contributed by atoms with E-state index < -0.39 is 6.03 Å². The molecule has 0 aliphatic carbocycles. The number of hydrogen-bond acceptors (Lipinski definition) is 5. The highest BCUT2D eigenvalue weighted by atomic mass is 16.5. The van der Waals surface area contributed by atoms with Crippen molar-refractivity contribution in [1.82, 2.24) is 10.1 Å². The van der Waals surface area contributed by atoms with Gasteiger partial charge in [-0.15, -0.1) is 0 Å². The van der Waals surface area contributed by atoms with E-state index in [1.54, 1.807) is 24.3 Å². The standard InChI is InChI=1S/C10H11N5O2/c11-5-8-14-9(15-17-8)6-1-3-7(4-2-6)13-10(12)16/h1-4H,5,11H2,(H3,12,13,16). The van der Waals surface area contributed by atoms with Crippen molar-refractivity contribution in [3.8, 4) is 11.4 Å². The van der Waals surface area contributed by atoms with Crippen LogP contribution in [0, 0.1) is 0 Å². The van der Waals surface area contributed by atoms with Crippen molar-refractivity contribution in [3.63, 3.8) is 0 Å². The van der Waals surface area contributed by atoms with Gasteiger partial charge in [-0.2, -0.15) is 4.98 Å². The lowest BCUT2D eigenvalue weighted by atomic mass is 10.2. The number of rotatable bonds is 3.